The number of benzene rings is 2. The second-order valence-corrected chi connectivity index (χ2v) is 4.52. The summed E-state index contributed by atoms with van der Waals surface area (Å²) in [5.41, 5.74) is 2.86. The van der Waals surface area contributed by atoms with Gasteiger partial charge in [-0.25, -0.2) is 8.78 Å². The van der Waals surface area contributed by atoms with Crippen molar-refractivity contribution < 1.29 is 8.78 Å². The fourth-order valence-electron chi connectivity index (χ4n) is 2.35. The van der Waals surface area contributed by atoms with Crippen molar-refractivity contribution in [1.29, 1.82) is 0 Å². The molecule has 0 aliphatic heterocycles. The van der Waals surface area contributed by atoms with E-state index >= 15 is 0 Å². The van der Waals surface area contributed by atoms with Gasteiger partial charge in [0.05, 0.1) is 0 Å². The fraction of sp³-hybridized carbons (Fsp3) is 0.250. The zero-order chi connectivity index (χ0) is 13.1. The number of halogens is 2. The third kappa shape index (κ3) is 2.58. The quantitative estimate of drug-likeness (QED) is 0.728. The minimum atomic E-state index is -0.250. The molecule has 0 nitrogen and oxygen atoms in total. The van der Waals surface area contributed by atoms with Gasteiger partial charge in [-0.15, -0.1) is 0 Å². The van der Waals surface area contributed by atoms with E-state index in [1.807, 2.05) is 19.9 Å². The summed E-state index contributed by atoms with van der Waals surface area (Å²) in [4.78, 5) is 0. The largest absolute Gasteiger partial charge is 0.207 e. The van der Waals surface area contributed by atoms with Gasteiger partial charge in [0.25, 0.3) is 0 Å². The molecule has 0 saturated carbocycles. The summed E-state index contributed by atoms with van der Waals surface area (Å²) >= 11 is 0. The Morgan fingerprint density at radius 2 is 1.72 bits per heavy atom. The Balaban J connectivity index is 2.48. The van der Waals surface area contributed by atoms with Crippen LogP contribution in [0.3, 0.4) is 0 Å². The van der Waals surface area contributed by atoms with Crippen molar-refractivity contribution in [1.82, 2.24) is 0 Å². The maximum Gasteiger partial charge on any atom is 0.123 e. The SMILES string of the molecule is CCC(c1cccc(F)c1)c1cc(F)ccc1C. The first kappa shape index (κ1) is 12.7. The van der Waals surface area contributed by atoms with Crippen LogP contribution in [0.1, 0.15) is 36.0 Å². The lowest BCUT2D eigenvalue weighted by Crippen LogP contribution is -2.03. The Morgan fingerprint density at radius 1 is 1.00 bits per heavy atom. The highest BCUT2D eigenvalue weighted by Crippen LogP contribution is 2.30. The van der Waals surface area contributed by atoms with E-state index in [-0.39, 0.29) is 17.6 Å². The molecule has 0 N–H and O–H groups in total. The molecule has 2 rings (SSSR count). The van der Waals surface area contributed by atoms with Crippen LogP contribution in [0.2, 0.25) is 0 Å². The first-order valence-electron chi connectivity index (χ1n) is 6.13. The first-order valence-corrected chi connectivity index (χ1v) is 6.13. The zero-order valence-corrected chi connectivity index (χ0v) is 10.6. The third-order valence-corrected chi connectivity index (χ3v) is 3.28. The summed E-state index contributed by atoms with van der Waals surface area (Å²) in [7, 11) is 0. The predicted octanol–water partition coefficient (Wildman–Crippen LogP) is 4.82. The van der Waals surface area contributed by atoms with Crippen LogP contribution in [0, 0.1) is 18.6 Å². The summed E-state index contributed by atoms with van der Waals surface area (Å²) in [6, 6.07) is 11.3. The topological polar surface area (TPSA) is 0 Å². The van der Waals surface area contributed by atoms with Crippen molar-refractivity contribution in [3.63, 3.8) is 0 Å². The van der Waals surface area contributed by atoms with E-state index in [1.54, 1.807) is 18.2 Å². The summed E-state index contributed by atoms with van der Waals surface area (Å²) < 4.78 is 26.7. The van der Waals surface area contributed by atoms with Crippen LogP contribution < -0.4 is 0 Å². The molecule has 0 heterocycles. The standard InChI is InChI=1S/C16H16F2/c1-3-15(12-5-4-6-13(17)9-12)16-10-14(18)8-7-11(16)2/h4-10,15H,3H2,1-2H3. The Labute approximate surface area is 106 Å². The molecule has 0 aliphatic rings. The maximum atomic E-state index is 13.4. The van der Waals surface area contributed by atoms with Crippen molar-refractivity contribution in [2.24, 2.45) is 0 Å². The average molecular weight is 246 g/mol. The van der Waals surface area contributed by atoms with Gasteiger partial charge in [0, 0.05) is 5.92 Å². The summed E-state index contributed by atoms with van der Waals surface area (Å²) in [6.45, 7) is 3.98. The maximum absolute atomic E-state index is 13.4. The summed E-state index contributed by atoms with van der Waals surface area (Å²) in [5.74, 6) is -0.457. The molecule has 1 atom stereocenters. The van der Waals surface area contributed by atoms with Crippen molar-refractivity contribution in [2.45, 2.75) is 26.2 Å². The van der Waals surface area contributed by atoms with E-state index in [4.69, 9.17) is 0 Å². The molecule has 94 valence electrons. The average Bonchev–Trinajstić information content (AvgIpc) is 2.35. The van der Waals surface area contributed by atoms with Crippen LogP contribution in [0.4, 0.5) is 8.78 Å². The monoisotopic (exact) mass is 246 g/mol. The van der Waals surface area contributed by atoms with Crippen LogP contribution in [0.5, 0.6) is 0 Å². The molecule has 1 unspecified atom stereocenters. The molecule has 0 spiro atoms. The highest BCUT2D eigenvalue weighted by atomic mass is 19.1. The van der Waals surface area contributed by atoms with Crippen LogP contribution in [-0.4, -0.2) is 0 Å². The van der Waals surface area contributed by atoms with E-state index < -0.39 is 0 Å². The van der Waals surface area contributed by atoms with E-state index in [0.717, 1.165) is 23.1 Å². The molecule has 0 amide bonds. The van der Waals surface area contributed by atoms with Gasteiger partial charge in [0.15, 0.2) is 0 Å². The second-order valence-electron chi connectivity index (χ2n) is 4.52. The molecule has 18 heavy (non-hydrogen) atoms. The molecule has 0 radical (unpaired) electrons. The second kappa shape index (κ2) is 5.30. The van der Waals surface area contributed by atoms with Gasteiger partial charge >= 0.3 is 0 Å². The predicted molar refractivity (Wildman–Crippen MR) is 69.7 cm³/mol. The number of hydrogen-bond donors (Lipinski definition) is 0. The van der Waals surface area contributed by atoms with Gasteiger partial charge < -0.3 is 0 Å². The Morgan fingerprint density at radius 3 is 2.39 bits per heavy atom. The Bertz CT molecular complexity index is 547. The van der Waals surface area contributed by atoms with E-state index in [1.165, 1.54) is 18.2 Å². The van der Waals surface area contributed by atoms with E-state index in [2.05, 4.69) is 0 Å². The van der Waals surface area contributed by atoms with Crippen LogP contribution >= 0.6 is 0 Å². The van der Waals surface area contributed by atoms with Crippen molar-refractivity contribution in [2.75, 3.05) is 0 Å². The minimum Gasteiger partial charge on any atom is -0.207 e. The van der Waals surface area contributed by atoms with Crippen LogP contribution in [0.15, 0.2) is 42.5 Å². The molecule has 2 aromatic carbocycles. The Kier molecular flexibility index (Phi) is 3.75. The molecule has 0 fully saturated rings. The van der Waals surface area contributed by atoms with Gasteiger partial charge in [-0.05, 0) is 54.3 Å². The summed E-state index contributed by atoms with van der Waals surface area (Å²) in [6.07, 6.45) is 0.813. The Hall–Kier alpha value is -1.70. The van der Waals surface area contributed by atoms with Gasteiger partial charge in [-0.1, -0.05) is 25.1 Å². The molecule has 2 heteroatoms. The molecule has 0 saturated heterocycles. The van der Waals surface area contributed by atoms with Crippen molar-refractivity contribution in [3.8, 4) is 0 Å². The lowest BCUT2D eigenvalue weighted by molar-refractivity contribution is 0.616. The molecule has 0 aliphatic carbocycles. The lowest BCUT2D eigenvalue weighted by atomic mass is 9.86. The highest BCUT2D eigenvalue weighted by molar-refractivity contribution is 5.37. The van der Waals surface area contributed by atoms with Gasteiger partial charge in [0.1, 0.15) is 11.6 Å². The lowest BCUT2D eigenvalue weighted by Gasteiger charge is -2.18. The van der Waals surface area contributed by atoms with Crippen molar-refractivity contribution in [3.05, 3.63) is 70.8 Å². The first-order chi connectivity index (χ1) is 8.61. The molecule has 0 aromatic heterocycles. The molecule has 0 bridgehead atoms. The normalized spacial score (nSPS) is 12.4. The highest BCUT2D eigenvalue weighted by Gasteiger charge is 2.15. The number of hydrogen-bond acceptors (Lipinski definition) is 0. The number of rotatable bonds is 3. The van der Waals surface area contributed by atoms with Crippen molar-refractivity contribution >= 4 is 0 Å². The van der Waals surface area contributed by atoms with E-state index in [9.17, 15) is 8.78 Å². The van der Waals surface area contributed by atoms with Gasteiger partial charge in [0.2, 0.25) is 0 Å². The van der Waals surface area contributed by atoms with Gasteiger partial charge in [-0.3, -0.25) is 0 Å². The van der Waals surface area contributed by atoms with Crippen LogP contribution in [0.25, 0.3) is 0 Å². The van der Waals surface area contributed by atoms with Crippen LogP contribution in [-0.2, 0) is 0 Å². The third-order valence-electron chi connectivity index (χ3n) is 3.28. The summed E-state index contributed by atoms with van der Waals surface area (Å²) in [5, 5.41) is 0. The fourth-order valence-corrected chi connectivity index (χ4v) is 2.35. The molecule has 2 aromatic rings. The molecular weight excluding hydrogens is 230 g/mol. The number of aryl methyl sites for hydroxylation is 1. The minimum absolute atomic E-state index is 0.0383. The van der Waals surface area contributed by atoms with Gasteiger partial charge in [-0.2, -0.15) is 0 Å². The zero-order valence-electron chi connectivity index (χ0n) is 10.6. The molecular formula is C16H16F2. The van der Waals surface area contributed by atoms with E-state index in [0.29, 0.717) is 0 Å². The smallest absolute Gasteiger partial charge is 0.123 e.